The van der Waals surface area contributed by atoms with Gasteiger partial charge < -0.3 is 10.4 Å². The van der Waals surface area contributed by atoms with Crippen LogP contribution in [0.4, 0.5) is 0 Å². The first-order valence-electron chi connectivity index (χ1n) is 5.66. The topological polar surface area (TPSA) is 66.4 Å². The molecule has 18 heavy (non-hydrogen) atoms. The van der Waals surface area contributed by atoms with Gasteiger partial charge in [0.1, 0.15) is 6.54 Å². The fraction of sp³-hybridized carbons (Fsp3) is 0.385. The summed E-state index contributed by atoms with van der Waals surface area (Å²) in [5, 5.41) is 11.6. The Balaban J connectivity index is 2.85. The number of hydrogen-bond donors (Lipinski definition) is 2. The Morgan fingerprint density at radius 1 is 1.28 bits per heavy atom. The van der Waals surface area contributed by atoms with Gasteiger partial charge in [-0.1, -0.05) is 37.6 Å². The Morgan fingerprint density at radius 3 is 2.28 bits per heavy atom. The largest absolute Gasteiger partial charge is 0.480 e. The van der Waals surface area contributed by atoms with E-state index < -0.39 is 5.97 Å². The molecule has 2 N–H and O–H groups in total. The molecule has 1 unspecified atom stereocenters. The van der Waals surface area contributed by atoms with Gasteiger partial charge in [0.25, 0.3) is 0 Å². The Hall–Kier alpha value is -1.55. The number of amides is 1. The molecule has 4 nitrogen and oxygen atoms in total. The van der Waals surface area contributed by atoms with Crippen LogP contribution in [0.1, 0.15) is 25.3 Å². The maximum absolute atomic E-state index is 12.0. The van der Waals surface area contributed by atoms with Crippen molar-refractivity contribution in [1.29, 1.82) is 0 Å². The summed E-state index contributed by atoms with van der Waals surface area (Å²) in [7, 11) is 0. The number of carbonyl (C=O) groups is 2. The number of benzene rings is 1. The molecule has 1 aromatic carbocycles. The first kappa shape index (κ1) is 14.5. The lowest BCUT2D eigenvalue weighted by atomic mass is 9.87. The van der Waals surface area contributed by atoms with E-state index in [0.717, 1.165) is 5.56 Å². The normalized spacial score (nSPS) is 12.2. The summed E-state index contributed by atoms with van der Waals surface area (Å²) in [5.41, 5.74) is 0.831. The lowest BCUT2D eigenvalue weighted by molar-refractivity contribution is -0.138. The quantitative estimate of drug-likeness (QED) is 0.862. The van der Waals surface area contributed by atoms with Crippen molar-refractivity contribution in [3.8, 4) is 0 Å². The molecule has 0 spiro atoms. The van der Waals surface area contributed by atoms with Crippen LogP contribution >= 0.6 is 11.6 Å². The van der Waals surface area contributed by atoms with Crippen molar-refractivity contribution >= 4 is 23.5 Å². The minimum absolute atomic E-state index is 0.0694. The zero-order valence-electron chi connectivity index (χ0n) is 10.3. The lowest BCUT2D eigenvalue weighted by Gasteiger charge is -2.20. The first-order valence-corrected chi connectivity index (χ1v) is 6.04. The maximum atomic E-state index is 12.0. The summed E-state index contributed by atoms with van der Waals surface area (Å²) in [5.74, 6) is -1.64. The molecular formula is C13H16ClNO3. The number of carboxylic acid groups (broad SMARTS) is 1. The van der Waals surface area contributed by atoms with E-state index in [1.54, 1.807) is 24.3 Å². The minimum Gasteiger partial charge on any atom is -0.480 e. The van der Waals surface area contributed by atoms with Gasteiger partial charge in [-0.3, -0.25) is 9.59 Å². The van der Waals surface area contributed by atoms with E-state index in [9.17, 15) is 9.59 Å². The second kappa shape index (κ2) is 6.40. The minimum atomic E-state index is -1.05. The maximum Gasteiger partial charge on any atom is 0.322 e. The lowest BCUT2D eigenvalue weighted by Crippen LogP contribution is -2.35. The Bertz CT molecular complexity index is 428. The molecule has 0 aromatic heterocycles. The number of nitrogens with one attached hydrogen (secondary N) is 1. The van der Waals surface area contributed by atoms with Crippen LogP contribution in [0.5, 0.6) is 0 Å². The average Bonchev–Trinajstić information content (AvgIpc) is 2.29. The molecule has 0 bridgehead atoms. The number of halogens is 1. The molecule has 1 rings (SSSR count). The molecule has 0 aliphatic carbocycles. The Labute approximate surface area is 111 Å². The van der Waals surface area contributed by atoms with Crippen molar-refractivity contribution in [2.24, 2.45) is 5.92 Å². The molecule has 0 aliphatic heterocycles. The number of rotatable bonds is 5. The van der Waals surface area contributed by atoms with E-state index in [0.29, 0.717) is 5.02 Å². The Morgan fingerprint density at radius 2 is 1.83 bits per heavy atom. The average molecular weight is 270 g/mol. The number of hydrogen-bond acceptors (Lipinski definition) is 2. The molecule has 0 saturated carbocycles. The van der Waals surface area contributed by atoms with Gasteiger partial charge in [-0.05, 0) is 23.6 Å². The van der Waals surface area contributed by atoms with E-state index in [-0.39, 0.29) is 24.3 Å². The van der Waals surface area contributed by atoms with Gasteiger partial charge in [0, 0.05) is 5.02 Å². The second-order valence-electron chi connectivity index (χ2n) is 4.38. The molecular weight excluding hydrogens is 254 g/mol. The zero-order valence-corrected chi connectivity index (χ0v) is 11.1. The van der Waals surface area contributed by atoms with E-state index >= 15 is 0 Å². The van der Waals surface area contributed by atoms with Gasteiger partial charge in [-0.15, -0.1) is 0 Å². The van der Waals surface area contributed by atoms with Gasteiger partial charge in [0.15, 0.2) is 0 Å². The van der Waals surface area contributed by atoms with Crippen LogP contribution in [0.3, 0.4) is 0 Å². The second-order valence-corrected chi connectivity index (χ2v) is 4.82. The van der Waals surface area contributed by atoms with Crippen molar-refractivity contribution in [2.45, 2.75) is 19.8 Å². The third kappa shape index (κ3) is 4.04. The SMILES string of the molecule is CC(C)C(C(=O)NCC(=O)O)c1ccc(Cl)cc1. The smallest absolute Gasteiger partial charge is 0.322 e. The van der Waals surface area contributed by atoms with Crippen molar-refractivity contribution in [3.63, 3.8) is 0 Å². The van der Waals surface area contributed by atoms with Crippen LogP contribution < -0.4 is 5.32 Å². The fourth-order valence-corrected chi connectivity index (χ4v) is 1.91. The van der Waals surface area contributed by atoms with E-state index in [4.69, 9.17) is 16.7 Å². The van der Waals surface area contributed by atoms with Gasteiger partial charge >= 0.3 is 5.97 Å². The van der Waals surface area contributed by atoms with Gasteiger partial charge in [0.05, 0.1) is 5.92 Å². The van der Waals surface area contributed by atoms with Crippen LogP contribution in [0.15, 0.2) is 24.3 Å². The zero-order chi connectivity index (χ0) is 13.7. The molecule has 0 saturated heterocycles. The molecule has 1 amide bonds. The summed E-state index contributed by atoms with van der Waals surface area (Å²) in [4.78, 5) is 22.4. The highest BCUT2D eigenvalue weighted by molar-refractivity contribution is 6.30. The highest BCUT2D eigenvalue weighted by Crippen LogP contribution is 2.25. The molecule has 1 aromatic rings. The molecule has 0 heterocycles. The van der Waals surface area contributed by atoms with Crippen LogP contribution in [0.2, 0.25) is 5.02 Å². The van der Waals surface area contributed by atoms with Crippen LogP contribution in [0, 0.1) is 5.92 Å². The van der Waals surface area contributed by atoms with E-state index in [1.165, 1.54) is 0 Å². The predicted octanol–water partition coefficient (Wildman–Crippen LogP) is 2.28. The number of carbonyl (C=O) groups excluding carboxylic acids is 1. The highest BCUT2D eigenvalue weighted by atomic mass is 35.5. The van der Waals surface area contributed by atoms with Gasteiger partial charge in [-0.2, -0.15) is 0 Å². The van der Waals surface area contributed by atoms with Crippen molar-refractivity contribution in [1.82, 2.24) is 5.32 Å². The van der Waals surface area contributed by atoms with Crippen molar-refractivity contribution in [2.75, 3.05) is 6.54 Å². The highest BCUT2D eigenvalue weighted by Gasteiger charge is 2.24. The fourth-order valence-electron chi connectivity index (χ4n) is 1.78. The predicted molar refractivity (Wildman–Crippen MR) is 69.7 cm³/mol. The van der Waals surface area contributed by atoms with Crippen molar-refractivity contribution in [3.05, 3.63) is 34.9 Å². The van der Waals surface area contributed by atoms with Gasteiger partial charge in [0.2, 0.25) is 5.91 Å². The van der Waals surface area contributed by atoms with Crippen LogP contribution in [-0.2, 0) is 9.59 Å². The van der Waals surface area contributed by atoms with Crippen LogP contribution in [0.25, 0.3) is 0 Å². The molecule has 0 aliphatic rings. The first-order chi connectivity index (χ1) is 8.41. The third-order valence-electron chi connectivity index (χ3n) is 2.59. The molecule has 0 radical (unpaired) electrons. The van der Waals surface area contributed by atoms with Crippen molar-refractivity contribution < 1.29 is 14.7 Å². The van der Waals surface area contributed by atoms with E-state index in [1.807, 2.05) is 13.8 Å². The summed E-state index contributed by atoms with van der Waals surface area (Å²) in [6.07, 6.45) is 0. The Kier molecular flexibility index (Phi) is 5.16. The molecule has 0 fully saturated rings. The molecule has 1 atom stereocenters. The molecule has 98 valence electrons. The third-order valence-corrected chi connectivity index (χ3v) is 2.84. The summed E-state index contributed by atoms with van der Waals surface area (Å²) >= 11 is 5.80. The number of carboxylic acids is 1. The monoisotopic (exact) mass is 269 g/mol. The summed E-state index contributed by atoms with van der Waals surface area (Å²) < 4.78 is 0. The summed E-state index contributed by atoms with van der Waals surface area (Å²) in [6, 6.07) is 7.01. The molecule has 5 heteroatoms. The number of aliphatic carboxylic acids is 1. The van der Waals surface area contributed by atoms with E-state index in [2.05, 4.69) is 5.32 Å². The van der Waals surface area contributed by atoms with Crippen LogP contribution in [-0.4, -0.2) is 23.5 Å². The summed E-state index contributed by atoms with van der Waals surface area (Å²) in [6.45, 7) is 3.47. The standard InChI is InChI=1S/C13H16ClNO3/c1-8(2)12(13(18)15-7-11(16)17)9-3-5-10(14)6-4-9/h3-6,8,12H,7H2,1-2H3,(H,15,18)(H,16,17). The van der Waals surface area contributed by atoms with Gasteiger partial charge in [-0.25, -0.2) is 0 Å².